The normalized spacial score (nSPS) is 19.3. The highest BCUT2D eigenvalue weighted by Gasteiger charge is 2.56. The molecule has 0 N–H and O–H groups in total. The molecule has 1 aliphatic carbocycles. The highest BCUT2D eigenvalue weighted by molar-refractivity contribution is 6.72. The molecule has 0 bridgehead atoms. The lowest BCUT2D eigenvalue weighted by atomic mass is 10.1. The Morgan fingerprint density at radius 3 is 2.00 bits per heavy atom. The van der Waals surface area contributed by atoms with Gasteiger partial charge < -0.3 is 8.85 Å². The molecule has 16 heavy (non-hydrogen) atoms. The fourth-order valence-corrected chi connectivity index (χ4v) is 8.44. The minimum Gasteiger partial charge on any atom is -0.397 e. The Hall–Kier alpha value is 0.137. The van der Waals surface area contributed by atoms with Crippen molar-refractivity contribution in [2.75, 3.05) is 14.2 Å². The smallest absolute Gasteiger partial charge is 0.346 e. The molecule has 1 aliphatic rings. The summed E-state index contributed by atoms with van der Waals surface area (Å²) in [5.74, 6) is 0. The Bertz CT molecular complexity index is 206. The first-order chi connectivity index (χ1) is 7.54. The van der Waals surface area contributed by atoms with E-state index < -0.39 is 8.56 Å². The third kappa shape index (κ3) is 2.36. The molecule has 1 rings (SSSR count). The molecule has 0 unspecified atom stereocenters. The molecule has 3 heteroatoms. The quantitative estimate of drug-likeness (QED) is 0.650. The van der Waals surface area contributed by atoms with Gasteiger partial charge in [0.1, 0.15) is 0 Å². The Balaban J connectivity index is 2.93. The second-order valence-electron chi connectivity index (χ2n) is 5.69. The summed E-state index contributed by atoms with van der Waals surface area (Å²) in [4.78, 5) is 0. The molecule has 96 valence electrons. The second-order valence-corrected chi connectivity index (χ2v) is 10.0. The highest BCUT2D eigenvalue weighted by atomic mass is 28.4. The van der Waals surface area contributed by atoms with Crippen molar-refractivity contribution >= 4 is 8.56 Å². The first-order valence-corrected chi connectivity index (χ1v) is 8.53. The average Bonchev–Trinajstić information content (AvgIpc) is 2.73. The third-order valence-corrected chi connectivity index (χ3v) is 9.32. The Morgan fingerprint density at radius 1 is 1.12 bits per heavy atom. The van der Waals surface area contributed by atoms with E-state index in [0.717, 1.165) is 0 Å². The standard InChI is InChI=1S/C13H28O2Si/c1-6-11-13(2,3)16(14-4,15-5)12-9-7-8-10-12/h12H,6-11H2,1-5H3. The fourth-order valence-electron chi connectivity index (χ4n) is 3.63. The van der Waals surface area contributed by atoms with Crippen molar-refractivity contribution in [3.8, 4) is 0 Å². The summed E-state index contributed by atoms with van der Waals surface area (Å²) in [7, 11) is 1.67. The van der Waals surface area contributed by atoms with Crippen LogP contribution in [0.2, 0.25) is 10.6 Å². The van der Waals surface area contributed by atoms with Gasteiger partial charge in [0.05, 0.1) is 0 Å². The van der Waals surface area contributed by atoms with Gasteiger partial charge >= 0.3 is 8.56 Å². The average molecular weight is 244 g/mol. The predicted molar refractivity (Wildman–Crippen MR) is 70.9 cm³/mol. The molecule has 0 atom stereocenters. The van der Waals surface area contributed by atoms with Crippen LogP contribution in [-0.4, -0.2) is 22.8 Å². The zero-order chi connectivity index (χ0) is 12.2. The van der Waals surface area contributed by atoms with Crippen LogP contribution in [0, 0.1) is 0 Å². The zero-order valence-corrected chi connectivity index (χ0v) is 12.6. The van der Waals surface area contributed by atoms with E-state index in [1.165, 1.54) is 38.5 Å². The monoisotopic (exact) mass is 244 g/mol. The van der Waals surface area contributed by atoms with Gasteiger partial charge in [-0.05, 0) is 19.3 Å². The first kappa shape index (κ1) is 14.2. The molecular formula is C13H28O2Si. The maximum absolute atomic E-state index is 6.01. The molecule has 1 saturated carbocycles. The van der Waals surface area contributed by atoms with Gasteiger partial charge in [-0.15, -0.1) is 0 Å². The molecule has 0 saturated heterocycles. The molecule has 0 aliphatic heterocycles. The topological polar surface area (TPSA) is 18.5 Å². The molecule has 0 aromatic carbocycles. The van der Waals surface area contributed by atoms with Gasteiger partial charge in [0.2, 0.25) is 0 Å². The summed E-state index contributed by atoms with van der Waals surface area (Å²) in [6.45, 7) is 6.93. The molecule has 0 aromatic heterocycles. The van der Waals surface area contributed by atoms with Crippen molar-refractivity contribution in [2.24, 2.45) is 0 Å². The zero-order valence-electron chi connectivity index (χ0n) is 11.6. The van der Waals surface area contributed by atoms with E-state index in [0.29, 0.717) is 5.54 Å². The summed E-state index contributed by atoms with van der Waals surface area (Å²) in [5, 5.41) is 0.222. The number of hydrogen-bond acceptors (Lipinski definition) is 2. The molecule has 0 spiro atoms. The second kappa shape index (κ2) is 5.65. The van der Waals surface area contributed by atoms with E-state index >= 15 is 0 Å². The van der Waals surface area contributed by atoms with Crippen LogP contribution in [-0.2, 0) is 8.85 Å². The van der Waals surface area contributed by atoms with Crippen molar-refractivity contribution in [3.63, 3.8) is 0 Å². The predicted octanol–water partition coefficient (Wildman–Crippen LogP) is 4.25. The maximum Gasteiger partial charge on any atom is 0.346 e. The Labute approximate surface area is 102 Å². The summed E-state index contributed by atoms with van der Waals surface area (Å²) in [6, 6.07) is 0. The van der Waals surface area contributed by atoms with Gasteiger partial charge in [0.15, 0.2) is 0 Å². The van der Waals surface area contributed by atoms with E-state index in [2.05, 4.69) is 20.8 Å². The van der Waals surface area contributed by atoms with Crippen LogP contribution in [0.25, 0.3) is 0 Å². The fraction of sp³-hybridized carbons (Fsp3) is 1.00. The van der Waals surface area contributed by atoms with Crippen molar-refractivity contribution in [1.29, 1.82) is 0 Å². The van der Waals surface area contributed by atoms with E-state index in [4.69, 9.17) is 8.85 Å². The lowest BCUT2D eigenvalue weighted by molar-refractivity contribution is 0.192. The summed E-state index contributed by atoms with van der Waals surface area (Å²) in [6.07, 6.45) is 7.74. The van der Waals surface area contributed by atoms with Crippen LogP contribution >= 0.6 is 0 Å². The third-order valence-electron chi connectivity index (χ3n) is 4.32. The van der Waals surface area contributed by atoms with Crippen LogP contribution in [0.3, 0.4) is 0 Å². The lowest BCUT2D eigenvalue weighted by Crippen LogP contribution is -2.53. The molecule has 2 nitrogen and oxygen atoms in total. The Morgan fingerprint density at radius 2 is 1.62 bits per heavy atom. The van der Waals surface area contributed by atoms with E-state index in [1.54, 1.807) is 0 Å². The van der Waals surface area contributed by atoms with Crippen molar-refractivity contribution in [2.45, 2.75) is 69.9 Å². The Kier molecular flexibility index (Phi) is 5.01. The minimum atomic E-state index is -2.06. The molecule has 0 heterocycles. The highest BCUT2D eigenvalue weighted by Crippen LogP contribution is 2.53. The summed E-state index contributed by atoms with van der Waals surface area (Å²) < 4.78 is 12.0. The van der Waals surface area contributed by atoms with Crippen molar-refractivity contribution < 1.29 is 8.85 Å². The van der Waals surface area contributed by atoms with Gasteiger partial charge in [-0.3, -0.25) is 0 Å². The number of hydrogen-bond donors (Lipinski definition) is 0. The van der Waals surface area contributed by atoms with Crippen molar-refractivity contribution in [1.82, 2.24) is 0 Å². The van der Waals surface area contributed by atoms with Crippen LogP contribution < -0.4 is 0 Å². The van der Waals surface area contributed by atoms with Crippen LogP contribution in [0.5, 0.6) is 0 Å². The van der Waals surface area contributed by atoms with Gasteiger partial charge in [0, 0.05) is 24.8 Å². The van der Waals surface area contributed by atoms with Gasteiger partial charge in [-0.1, -0.05) is 40.0 Å². The van der Waals surface area contributed by atoms with Gasteiger partial charge in [-0.2, -0.15) is 0 Å². The summed E-state index contributed by atoms with van der Waals surface area (Å²) in [5.41, 5.74) is 0.698. The largest absolute Gasteiger partial charge is 0.397 e. The summed E-state index contributed by atoms with van der Waals surface area (Å²) >= 11 is 0. The van der Waals surface area contributed by atoms with Crippen molar-refractivity contribution in [3.05, 3.63) is 0 Å². The molecule has 0 aromatic rings. The van der Waals surface area contributed by atoms with Gasteiger partial charge in [-0.25, -0.2) is 0 Å². The molecular weight excluding hydrogens is 216 g/mol. The SMILES string of the molecule is CCCC(C)(C)[Si](OC)(OC)C1CCCC1. The van der Waals surface area contributed by atoms with Crippen LogP contribution in [0.4, 0.5) is 0 Å². The molecule has 1 fully saturated rings. The van der Waals surface area contributed by atoms with Crippen LogP contribution in [0.1, 0.15) is 59.3 Å². The number of rotatable bonds is 6. The minimum absolute atomic E-state index is 0.222. The maximum atomic E-state index is 6.01. The van der Waals surface area contributed by atoms with Crippen LogP contribution in [0.15, 0.2) is 0 Å². The molecule has 0 radical (unpaired) electrons. The van der Waals surface area contributed by atoms with E-state index in [1.807, 2.05) is 14.2 Å². The van der Waals surface area contributed by atoms with Gasteiger partial charge in [0.25, 0.3) is 0 Å². The first-order valence-electron chi connectivity index (χ1n) is 6.64. The lowest BCUT2D eigenvalue weighted by Gasteiger charge is -2.45. The molecule has 0 amide bonds. The van der Waals surface area contributed by atoms with E-state index in [9.17, 15) is 0 Å². The van der Waals surface area contributed by atoms with E-state index in [-0.39, 0.29) is 5.04 Å².